The summed E-state index contributed by atoms with van der Waals surface area (Å²) < 4.78 is 11.6. The largest absolute Gasteiger partial charge is 0.484 e. The quantitative estimate of drug-likeness (QED) is 0.704. The third-order valence-electron chi connectivity index (χ3n) is 5.23. The first-order valence-corrected chi connectivity index (χ1v) is 9.25. The number of para-hydroxylation sites is 1. The fourth-order valence-electron chi connectivity index (χ4n) is 3.68. The van der Waals surface area contributed by atoms with E-state index in [4.69, 9.17) is 9.47 Å². The van der Waals surface area contributed by atoms with Crippen LogP contribution >= 0.6 is 0 Å². The second kappa shape index (κ2) is 6.73. The molecule has 140 valence electrons. The predicted molar refractivity (Wildman–Crippen MR) is 102 cm³/mol. The number of ether oxygens (including phenoxy) is 2. The Kier molecular flexibility index (Phi) is 4.06. The van der Waals surface area contributed by atoms with Crippen LogP contribution in [0.4, 0.5) is 0 Å². The van der Waals surface area contributed by atoms with Crippen molar-refractivity contribution in [2.75, 3.05) is 19.7 Å². The molecule has 2 aliphatic rings. The van der Waals surface area contributed by atoms with Crippen LogP contribution in [0, 0.1) is 0 Å². The van der Waals surface area contributed by atoms with E-state index in [1.54, 1.807) is 4.90 Å². The highest BCUT2D eigenvalue weighted by Gasteiger charge is 2.52. The van der Waals surface area contributed by atoms with E-state index >= 15 is 0 Å². The number of hydrogen-bond acceptors (Lipinski definition) is 5. The molecule has 0 saturated carbocycles. The topological polar surface area (TPSA) is 64.5 Å². The number of aromatic nitrogens is 2. The second-order valence-corrected chi connectivity index (χ2v) is 7.05. The van der Waals surface area contributed by atoms with Crippen molar-refractivity contribution in [3.05, 3.63) is 78.1 Å². The zero-order chi connectivity index (χ0) is 19.0. The molecule has 1 fully saturated rings. The third-order valence-corrected chi connectivity index (χ3v) is 5.23. The van der Waals surface area contributed by atoms with Crippen molar-refractivity contribution in [3.63, 3.8) is 0 Å². The first-order chi connectivity index (χ1) is 13.7. The average Bonchev–Trinajstić information content (AvgIpc) is 3.11. The molecule has 0 aliphatic carbocycles. The number of hydrogen-bond donors (Lipinski definition) is 0. The molecular weight excluding hydrogens is 354 g/mol. The average molecular weight is 373 g/mol. The Balaban J connectivity index is 1.25. The molecular formula is C22H19N3O3. The van der Waals surface area contributed by atoms with Crippen LogP contribution in [0.3, 0.4) is 0 Å². The van der Waals surface area contributed by atoms with E-state index in [2.05, 4.69) is 9.97 Å². The summed E-state index contributed by atoms with van der Waals surface area (Å²) in [4.78, 5) is 23.4. The van der Waals surface area contributed by atoms with Gasteiger partial charge in [-0.25, -0.2) is 9.97 Å². The van der Waals surface area contributed by atoms with Gasteiger partial charge in [-0.3, -0.25) is 4.79 Å². The summed E-state index contributed by atoms with van der Waals surface area (Å²) in [5, 5.41) is 0. The van der Waals surface area contributed by atoms with Crippen molar-refractivity contribution in [2.45, 2.75) is 12.2 Å². The maximum absolute atomic E-state index is 12.4. The summed E-state index contributed by atoms with van der Waals surface area (Å²) in [7, 11) is 0. The summed E-state index contributed by atoms with van der Waals surface area (Å²) in [6, 6.07) is 19.2. The maximum Gasteiger partial charge on any atom is 0.260 e. The molecule has 28 heavy (non-hydrogen) atoms. The fourth-order valence-corrected chi connectivity index (χ4v) is 3.68. The summed E-state index contributed by atoms with van der Waals surface area (Å²) in [6.45, 7) is 1.48. The number of nitrogens with zero attached hydrogens (tertiary/aromatic N) is 3. The highest BCUT2D eigenvalue weighted by atomic mass is 16.5. The van der Waals surface area contributed by atoms with Crippen molar-refractivity contribution in [2.24, 2.45) is 0 Å². The summed E-state index contributed by atoms with van der Waals surface area (Å²) in [5.74, 6) is 1.34. The fraction of sp³-hybridized carbons (Fsp3) is 0.227. The molecule has 1 saturated heterocycles. The van der Waals surface area contributed by atoms with Crippen molar-refractivity contribution >= 4 is 5.91 Å². The van der Waals surface area contributed by atoms with Crippen LogP contribution in [0.5, 0.6) is 5.75 Å². The molecule has 5 rings (SSSR count). The first-order valence-electron chi connectivity index (χ1n) is 9.25. The Labute approximate surface area is 162 Å². The van der Waals surface area contributed by atoms with Gasteiger partial charge in [0.05, 0.1) is 25.4 Å². The van der Waals surface area contributed by atoms with Gasteiger partial charge in [-0.05, 0) is 12.1 Å². The Hall–Kier alpha value is -3.25. The van der Waals surface area contributed by atoms with E-state index in [0.29, 0.717) is 31.3 Å². The summed E-state index contributed by atoms with van der Waals surface area (Å²) in [5.41, 5.74) is 2.39. The van der Waals surface area contributed by atoms with Gasteiger partial charge in [0.25, 0.3) is 5.91 Å². The van der Waals surface area contributed by atoms with Gasteiger partial charge in [0.1, 0.15) is 11.4 Å². The van der Waals surface area contributed by atoms with Crippen LogP contribution in [0.2, 0.25) is 0 Å². The zero-order valence-corrected chi connectivity index (χ0v) is 15.2. The number of carbonyl (C=O) groups excluding carboxylic acids is 1. The maximum atomic E-state index is 12.4. The van der Waals surface area contributed by atoms with E-state index < -0.39 is 5.60 Å². The van der Waals surface area contributed by atoms with Gasteiger partial charge < -0.3 is 14.4 Å². The van der Waals surface area contributed by atoms with Crippen LogP contribution in [-0.4, -0.2) is 40.5 Å². The summed E-state index contributed by atoms with van der Waals surface area (Å²) >= 11 is 0. The highest BCUT2D eigenvalue weighted by molar-refractivity contribution is 5.79. The van der Waals surface area contributed by atoms with Gasteiger partial charge in [0, 0.05) is 17.3 Å². The van der Waals surface area contributed by atoms with Crippen LogP contribution in [0.25, 0.3) is 11.4 Å². The first kappa shape index (κ1) is 16.9. The Morgan fingerprint density at radius 3 is 2.54 bits per heavy atom. The van der Waals surface area contributed by atoms with E-state index in [-0.39, 0.29) is 12.5 Å². The third kappa shape index (κ3) is 2.92. The number of likely N-dealkylation sites (tertiary alicyclic amines) is 1. The minimum Gasteiger partial charge on any atom is -0.484 e. The van der Waals surface area contributed by atoms with E-state index in [0.717, 1.165) is 16.8 Å². The molecule has 2 aromatic carbocycles. The molecule has 3 aromatic rings. The second-order valence-electron chi connectivity index (χ2n) is 7.05. The monoisotopic (exact) mass is 373 g/mol. The van der Waals surface area contributed by atoms with Crippen LogP contribution in [0.1, 0.15) is 11.3 Å². The van der Waals surface area contributed by atoms with Crippen LogP contribution in [-0.2, 0) is 21.7 Å². The molecule has 3 heterocycles. The highest BCUT2D eigenvalue weighted by Crippen LogP contribution is 2.42. The predicted octanol–water partition coefficient (Wildman–Crippen LogP) is 2.79. The molecule has 6 nitrogen and oxygen atoms in total. The Morgan fingerprint density at radius 2 is 1.79 bits per heavy atom. The molecule has 1 amide bonds. The normalized spacial score (nSPS) is 16.5. The van der Waals surface area contributed by atoms with Gasteiger partial charge in [0.15, 0.2) is 12.4 Å². The lowest BCUT2D eigenvalue weighted by molar-refractivity contribution is -0.170. The molecule has 6 heteroatoms. The number of rotatable bonds is 4. The summed E-state index contributed by atoms with van der Waals surface area (Å²) in [6.07, 6.45) is 1.85. The molecule has 0 atom stereocenters. The molecule has 1 spiro atoms. The van der Waals surface area contributed by atoms with E-state index in [9.17, 15) is 4.79 Å². The molecule has 1 aromatic heterocycles. The Morgan fingerprint density at radius 1 is 1.07 bits per heavy atom. The van der Waals surface area contributed by atoms with Crippen molar-refractivity contribution in [3.8, 4) is 17.1 Å². The van der Waals surface area contributed by atoms with Crippen molar-refractivity contribution in [1.29, 1.82) is 0 Å². The molecule has 0 bridgehead atoms. The van der Waals surface area contributed by atoms with Crippen LogP contribution in [0.15, 0.2) is 66.9 Å². The van der Waals surface area contributed by atoms with Gasteiger partial charge in [0.2, 0.25) is 0 Å². The standard InChI is InChI=1S/C22H19N3O3/c26-20(13-27-17-9-5-2-6-10-17)25-14-22(15-25)18-11-23-21(24-19(18)12-28-22)16-7-3-1-4-8-16/h1-11H,12-15H2. The van der Waals surface area contributed by atoms with Crippen molar-refractivity contribution in [1.82, 2.24) is 14.9 Å². The molecule has 2 aliphatic heterocycles. The number of benzene rings is 2. The lowest BCUT2D eigenvalue weighted by Gasteiger charge is -2.47. The smallest absolute Gasteiger partial charge is 0.260 e. The van der Waals surface area contributed by atoms with Gasteiger partial charge >= 0.3 is 0 Å². The molecule has 0 radical (unpaired) electrons. The number of amides is 1. The number of fused-ring (bicyclic) bond motifs is 2. The lowest BCUT2D eigenvalue weighted by Crippen LogP contribution is -2.62. The minimum atomic E-state index is -0.479. The minimum absolute atomic E-state index is 0.0242. The SMILES string of the molecule is O=C(COc1ccccc1)N1CC2(C1)OCc1nc(-c3ccccc3)ncc12. The van der Waals surface area contributed by atoms with E-state index in [1.807, 2.05) is 66.9 Å². The molecule has 0 unspecified atom stereocenters. The van der Waals surface area contributed by atoms with Crippen molar-refractivity contribution < 1.29 is 14.3 Å². The Bertz CT molecular complexity index is 1000. The lowest BCUT2D eigenvalue weighted by atomic mass is 9.87. The van der Waals surface area contributed by atoms with Gasteiger partial charge in [-0.1, -0.05) is 48.5 Å². The van der Waals surface area contributed by atoms with Crippen LogP contribution < -0.4 is 4.74 Å². The van der Waals surface area contributed by atoms with E-state index in [1.165, 1.54) is 0 Å². The van der Waals surface area contributed by atoms with Gasteiger partial charge in [-0.15, -0.1) is 0 Å². The number of carbonyl (C=O) groups is 1. The molecule has 0 N–H and O–H groups in total. The zero-order valence-electron chi connectivity index (χ0n) is 15.2. The van der Waals surface area contributed by atoms with Gasteiger partial charge in [-0.2, -0.15) is 0 Å².